The summed E-state index contributed by atoms with van der Waals surface area (Å²) in [7, 11) is 0. The van der Waals surface area contributed by atoms with E-state index in [-0.39, 0.29) is 5.78 Å². The Labute approximate surface area is 148 Å². The fourth-order valence-electron chi connectivity index (χ4n) is 2.94. The van der Waals surface area contributed by atoms with Crippen molar-refractivity contribution in [3.8, 4) is 0 Å². The number of allylic oxidation sites excluding steroid dienone is 2. The van der Waals surface area contributed by atoms with Crippen molar-refractivity contribution in [1.82, 2.24) is 0 Å². The van der Waals surface area contributed by atoms with Crippen molar-refractivity contribution in [1.29, 1.82) is 0 Å². The van der Waals surface area contributed by atoms with Gasteiger partial charge < -0.3 is 9.59 Å². The van der Waals surface area contributed by atoms with E-state index in [1.165, 1.54) is 0 Å². The molecule has 126 valence electrons. The van der Waals surface area contributed by atoms with Gasteiger partial charge in [-0.25, -0.2) is 0 Å². The molecule has 0 bridgehead atoms. The quantitative estimate of drug-likeness (QED) is 0.277. The van der Waals surface area contributed by atoms with Crippen LogP contribution in [0.2, 0.25) is 0 Å². The normalized spacial score (nSPS) is 13.9. The molecule has 3 heteroatoms. The third kappa shape index (κ3) is 6.42. The molecule has 1 atom stereocenters. The van der Waals surface area contributed by atoms with Gasteiger partial charge in [0.25, 0.3) is 0 Å². The molecule has 0 aromatic heterocycles. The number of ketones is 1. The van der Waals surface area contributed by atoms with Gasteiger partial charge in [-0.2, -0.15) is 0 Å². The van der Waals surface area contributed by atoms with E-state index in [4.69, 9.17) is 0 Å². The zero-order chi connectivity index (χ0) is 17.1. The summed E-state index contributed by atoms with van der Waals surface area (Å²) in [5.41, 5.74) is 0.694. The second-order valence-electron chi connectivity index (χ2n) is 6.11. The van der Waals surface area contributed by atoms with Gasteiger partial charge in [0.15, 0.2) is 0 Å². The topological polar surface area (TPSA) is 34.1 Å². The number of unbranched alkanes of at least 4 members (excludes halogenated alkanes) is 1. The first-order valence-electron chi connectivity index (χ1n) is 8.41. The third-order valence-electron chi connectivity index (χ3n) is 4.16. The van der Waals surface area contributed by atoms with E-state index in [0.29, 0.717) is 6.42 Å². The Morgan fingerprint density at radius 2 is 1.87 bits per heavy atom. The van der Waals surface area contributed by atoms with Gasteiger partial charge in [0.2, 0.25) is 0 Å². The molecular weight excluding hydrogens is 352 g/mol. The Bertz CT molecular complexity index is 536. The van der Waals surface area contributed by atoms with Crippen molar-refractivity contribution in [2.45, 2.75) is 64.2 Å². The summed E-state index contributed by atoms with van der Waals surface area (Å²) < 4.78 is 1.01. The van der Waals surface area contributed by atoms with Crippen LogP contribution in [-0.4, -0.2) is 12.1 Å². The van der Waals surface area contributed by atoms with Crippen LogP contribution in [0.15, 0.2) is 40.9 Å². The van der Waals surface area contributed by atoms with Crippen LogP contribution >= 0.6 is 15.9 Å². The van der Waals surface area contributed by atoms with E-state index in [1.807, 2.05) is 18.2 Å². The summed E-state index contributed by atoms with van der Waals surface area (Å²) in [6.07, 6.45) is 11.4. The fourth-order valence-corrected chi connectivity index (χ4v) is 3.62. The van der Waals surface area contributed by atoms with Crippen molar-refractivity contribution in [3.05, 3.63) is 46.5 Å². The second-order valence-corrected chi connectivity index (χ2v) is 6.96. The van der Waals surface area contributed by atoms with Crippen LogP contribution < -0.4 is 0 Å². The highest BCUT2D eigenvalue weighted by atomic mass is 79.9. The number of halogens is 1. The highest BCUT2D eigenvalue weighted by Crippen LogP contribution is 2.37. The van der Waals surface area contributed by atoms with Crippen LogP contribution in [0.1, 0.15) is 64.4 Å². The number of Topliss-reactive ketones (excluding diaryl/α,β-unsaturated/α-hetero) is 1. The minimum atomic E-state index is -0.401. The van der Waals surface area contributed by atoms with Crippen LogP contribution in [0.4, 0.5) is 0 Å². The lowest BCUT2D eigenvalue weighted by Gasteiger charge is -2.29. The maximum Gasteiger partial charge on any atom is 0.130 e. The number of hydrogen-bond donors (Lipinski definition) is 0. The van der Waals surface area contributed by atoms with Gasteiger partial charge in [-0.15, -0.1) is 0 Å². The van der Waals surface area contributed by atoms with Crippen LogP contribution in [0.3, 0.4) is 0 Å². The van der Waals surface area contributed by atoms with Crippen LogP contribution in [-0.2, 0) is 15.0 Å². The van der Waals surface area contributed by atoms with Crippen molar-refractivity contribution < 1.29 is 9.59 Å². The summed E-state index contributed by atoms with van der Waals surface area (Å²) in [6.45, 7) is 3.74. The lowest BCUT2D eigenvalue weighted by molar-refractivity contribution is -0.117. The first kappa shape index (κ1) is 19.8. The molecule has 0 radical (unpaired) electrons. The number of aldehydes is 1. The predicted molar refractivity (Wildman–Crippen MR) is 99.7 cm³/mol. The lowest BCUT2D eigenvalue weighted by Crippen LogP contribution is -2.28. The van der Waals surface area contributed by atoms with E-state index in [1.54, 1.807) is 6.92 Å². The highest BCUT2D eigenvalue weighted by molar-refractivity contribution is 9.10. The molecule has 0 spiro atoms. The molecule has 0 saturated carbocycles. The number of carbonyl (C=O) groups excluding carboxylic acids is 2. The second kappa shape index (κ2) is 10.5. The average molecular weight is 379 g/mol. The van der Waals surface area contributed by atoms with Crippen LogP contribution in [0.5, 0.6) is 0 Å². The van der Waals surface area contributed by atoms with Crippen LogP contribution in [0.25, 0.3) is 0 Å². The van der Waals surface area contributed by atoms with Gasteiger partial charge >= 0.3 is 0 Å². The molecule has 23 heavy (non-hydrogen) atoms. The predicted octanol–water partition coefficient (Wildman–Crippen LogP) is 5.78. The number of benzene rings is 1. The summed E-state index contributed by atoms with van der Waals surface area (Å²) in [5.74, 6) is 0.228. The summed E-state index contributed by atoms with van der Waals surface area (Å²) in [6, 6.07) is 8.03. The Balaban J connectivity index is 2.67. The zero-order valence-corrected chi connectivity index (χ0v) is 15.8. The van der Waals surface area contributed by atoms with Crippen molar-refractivity contribution >= 4 is 28.0 Å². The molecule has 1 aromatic carbocycles. The molecule has 0 aliphatic heterocycles. The standard InChI is InChI=1S/C20H27BrO2/c1-3-14-20(16-22,18-12-8-9-13-19(18)21)15-10-6-4-5-7-11-17(2)23/h4-5,8-9,12-13,16H,3,6-7,10-11,14-15H2,1-2H3/b5-4+. The molecule has 2 nitrogen and oxygen atoms in total. The molecule has 1 unspecified atom stereocenters. The molecule has 0 fully saturated rings. The fraction of sp³-hybridized carbons (Fsp3) is 0.500. The van der Waals surface area contributed by atoms with E-state index in [2.05, 4.69) is 41.1 Å². The van der Waals surface area contributed by atoms with E-state index in [0.717, 1.165) is 54.8 Å². The third-order valence-corrected chi connectivity index (χ3v) is 4.85. The number of rotatable bonds is 11. The Morgan fingerprint density at radius 3 is 2.48 bits per heavy atom. The average Bonchev–Trinajstić information content (AvgIpc) is 2.53. The van der Waals surface area contributed by atoms with E-state index < -0.39 is 5.41 Å². The molecule has 0 amide bonds. The summed E-state index contributed by atoms with van der Waals surface area (Å²) in [4.78, 5) is 22.8. The smallest absolute Gasteiger partial charge is 0.130 e. The molecule has 0 aliphatic carbocycles. The van der Waals surface area contributed by atoms with Crippen molar-refractivity contribution in [2.24, 2.45) is 0 Å². The summed E-state index contributed by atoms with van der Waals surface area (Å²) in [5, 5.41) is 0. The van der Waals surface area contributed by atoms with E-state index in [9.17, 15) is 9.59 Å². The molecule has 0 aliphatic rings. The van der Waals surface area contributed by atoms with Gasteiger partial charge in [0.05, 0.1) is 5.41 Å². The van der Waals surface area contributed by atoms with Crippen molar-refractivity contribution in [3.63, 3.8) is 0 Å². The molecule has 1 rings (SSSR count). The summed E-state index contributed by atoms with van der Waals surface area (Å²) >= 11 is 3.59. The van der Waals surface area contributed by atoms with Gasteiger partial charge in [-0.1, -0.05) is 59.6 Å². The Morgan fingerprint density at radius 1 is 1.17 bits per heavy atom. The Hall–Kier alpha value is -1.22. The zero-order valence-electron chi connectivity index (χ0n) is 14.2. The molecule has 0 heterocycles. The minimum absolute atomic E-state index is 0.228. The van der Waals surface area contributed by atoms with Crippen LogP contribution in [0, 0.1) is 0 Å². The first-order valence-corrected chi connectivity index (χ1v) is 9.21. The van der Waals surface area contributed by atoms with Gasteiger partial charge in [0.1, 0.15) is 12.1 Å². The van der Waals surface area contributed by atoms with Gasteiger partial charge in [0, 0.05) is 10.9 Å². The van der Waals surface area contributed by atoms with E-state index >= 15 is 0 Å². The van der Waals surface area contributed by atoms with Gasteiger partial charge in [-0.05, 0) is 50.7 Å². The Kier molecular flexibility index (Phi) is 9.08. The SMILES string of the molecule is CCCC(C=O)(CCC/C=C/CCC(C)=O)c1ccccc1Br. The maximum atomic E-state index is 11.9. The molecule has 0 saturated heterocycles. The van der Waals surface area contributed by atoms with Gasteiger partial charge in [-0.3, -0.25) is 0 Å². The first-order chi connectivity index (χ1) is 11.1. The number of carbonyl (C=O) groups is 2. The molecule has 0 N–H and O–H groups in total. The van der Waals surface area contributed by atoms with Crippen molar-refractivity contribution in [2.75, 3.05) is 0 Å². The molecular formula is C20H27BrO2. The largest absolute Gasteiger partial charge is 0.302 e. The lowest BCUT2D eigenvalue weighted by atomic mass is 9.74. The monoisotopic (exact) mass is 378 g/mol. The molecule has 1 aromatic rings. The highest BCUT2D eigenvalue weighted by Gasteiger charge is 2.31. The number of hydrogen-bond acceptors (Lipinski definition) is 2. The maximum absolute atomic E-state index is 11.9. The minimum Gasteiger partial charge on any atom is -0.302 e.